The number of fused-ring (bicyclic) bond motifs is 1. The number of carbonyl (C=O) groups excluding carboxylic acids is 1. The number of rotatable bonds is 1. The third kappa shape index (κ3) is 2.99. The van der Waals surface area contributed by atoms with Gasteiger partial charge in [0.05, 0.1) is 0 Å². The molecule has 0 spiro atoms. The zero-order valence-electron chi connectivity index (χ0n) is 13.1. The maximum atomic E-state index is 12.2. The van der Waals surface area contributed by atoms with Crippen LogP contribution in [0.1, 0.15) is 32.8 Å². The van der Waals surface area contributed by atoms with Crippen LogP contribution < -0.4 is 4.90 Å². The highest BCUT2D eigenvalue weighted by molar-refractivity contribution is 5.69. The quantitative estimate of drug-likeness (QED) is 0.796. The Bertz CT molecular complexity index is 536. The molecule has 1 atom stereocenters. The first kappa shape index (κ1) is 14.2. The van der Waals surface area contributed by atoms with Crippen molar-refractivity contribution >= 4 is 11.8 Å². The molecule has 4 nitrogen and oxygen atoms in total. The summed E-state index contributed by atoms with van der Waals surface area (Å²) in [5.41, 5.74) is 2.34. The highest BCUT2D eigenvalue weighted by atomic mass is 16.6. The molecule has 1 amide bonds. The van der Waals surface area contributed by atoms with E-state index in [1.165, 1.54) is 11.3 Å². The number of amides is 1. The van der Waals surface area contributed by atoms with E-state index in [2.05, 4.69) is 29.2 Å². The van der Waals surface area contributed by atoms with Gasteiger partial charge >= 0.3 is 6.09 Å². The third-order valence-electron chi connectivity index (χ3n) is 4.18. The lowest BCUT2D eigenvalue weighted by atomic mass is 10.1. The van der Waals surface area contributed by atoms with E-state index in [4.69, 9.17) is 4.74 Å². The molecule has 0 N–H and O–H groups in total. The van der Waals surface area contributed by atoms with Crippen molar-refractivity contribution in [1.29, 1.82) is 0 Å². The van der Waals surface area contributed by atoms with Crippen LogP contribution >= 0.6 is 0 Å². The van der Waals surface area contributed by atoms with E-state index in [-0.39, 0.29) is 6.09 Å². The fraction of sp³-hybridized carbons (Fsp3) is 0.588. The van der Waals surface area contributed by atoms with Gasteiger partial charge in [-0.15, -0.1) is 0 Å². The summed E-state index contributed by atoms with van der Waals surface area (Å²) in [6.07, 6.45) is 1.95. The molecular weight excluding hydrogens is 264 g/mol. The van der Waals surface area contributed by atoms with Crippen molar-refractivity contribution in [1.82, 2.24) is 4.90 Å². The molecule has 1 aromatic carbocycles. The van der Waals surface area contributed by atoms with Crippen LogP contribution in [0.4, 0.5) is 10.5 Å². The van der Waals surface area contributed by atoms with Crippen molar-refractivity contribution in [2.45, 2.75) is 45.3 Å². The maximum Gasteiger partial charge on any atom is 0.410 e. The minimum atomic E-state index is -0.421. The van der Waals surface area contributed by atoms with Gasteiger partial charge in [0.1, 0.15) is 5.60 Å². The van der Waals surface area contributed by atoms with E-state index in [9.17, 15) is 4.79 Å². The molecule has 0 aliphatic carbocycles. The van der Waals surface area contributed by atoms with Crippen molar-refractivity contribution < 1.29 is 9.53 Å². The minimum absolute atomic E-state index is 0.183. The lowest BCUT2D eigenvalue weighted by Gasteiger charge is -2.28. The van der Waals surface area contributed by atoms with Gasteiger partial charge in [0.2, 0.25) is 0 Å². The molecule has 114 valence electrons. The molecule has 4 heteroatoms. The minimum Gasteiger partial charge on any atom is -0.444 e. The number of anilines is 1. The largest absolute Gasteiger partial charge is 0.444 e. The Morgan fingerprint density at radius 3 is 2.76 bits per heavy atom. The van der Waals surface area contributed by atoms with Crippen LogP contribution in [0.2, 0.25) is 0 Å². The van der Waals surface area contributed by atoms with E-state index in [0.29, 0.717) is 6.04 Å². The lowest BCUT2D eigenvalue weighted by molar-refractivity contribution is 0.0292. The van der Waals surface area contributed by atoms with Crippen molar-refractivity contribution in [2.75, 3.05) is 24.5 Å². The highest BCUT2D eigenvalue weighted by Crippen LogP contribution is 2.32. The zero-order chi connectivity index (χ0) is 15.0. The van der Waals surface area contributed by atoms with Crippen LogP contribution in [-0.4, -0.2) is 42.3 Å². The zero-order valence-corrected chi connectivity index (χ0v) is 13.1. The van der Waals surface area contributed by atoms with Crippen LogP contribution in [0.3, 0.4) is 0 Å². The molecule has 1 aromatic rings. The summed E-state index contributed by atoms with van der Waals surface area (Å²) in [5.74, 6) is 0. The topological polar surface area (TPSA) is 32.8 Å². The van der Waals surface area contributed by atoms with Gasteiger partial charge in [0.15, 0.2) is 0 Å². The number of likely N-dealkylation sites (tertiary alicyclic amines) is 1. The second-order valence-electron chi connectivity index (χ2n) is 6.94. The summed E-state index contributed by atoms with van der Waals surface area (Å²) < 4.78 is 5.47. The second-order valence-corrected chi connectivity index (χ2v) is 6.94. The molecule has 1 saturated heterocycles. The molecule has 0 unspecified atom stereocenters. The number of hydrogen-bond acceptors (Lipinski definition) is 3. The molecule has 1 fully saturated rings. The number of benzene rings is 1. The van der Waals surface area contributed by atoms with Crippen LogP contribution in [0.5, 0.6) is 0 Å². The van der Waals surface area contributed by atoms with Gasteiger partial charge in [-0.25, -0.2) is 4.79 Å². The van der Waals surface area contributed by atoms with E-state index in [0.717, 1.165) is 32.5 Å². The third-order valence-corrected chi connectivity index (χ3v) is 4.18. The first-order chi connectivity index (χ1) is 9.94. The summed E-state index contributed by atoms with van der Waals surface area (Å²) in [4.78, 5) is 16.5. The van der Waals surface area contributed by atoms with Crippen molar-refractivity contribution in [3.8, 4) is 0 Å². The number of carbonyl (C=O) groups is 1. The average molecular weight is 288 g/mol. The van der Waals surface area contributed by atoms with Crippen LogP contribution in [-0.2, 0) is 11.2 Å². The van der Waals surface area contributed by atoms with Gasteiger partial charge in [-0.1, -0.05) is 18.2 Å². The Hall–Kier alpha value is -1.71. The summed E-state index contributed by atoms with van der Waals surface area (Å²) in [6.45, 7) is 8.35. The van der Waals surface area contributed by atoms with Crippen LogP contribution in [0.15, 0.2) is 24.3 Å². The summed E-state index contributed by atoms with van der Waals surface area (Å²) in [7, 11) is 0. The molecule has 21 heavy (non-hydrogen) atoms. The standard InChI is InChI=1S/C17H24N2O2/c1-17(2,3)21-16(20)18-10-9-14(12-18)19-11-8-13-6-4-5-7-15(13)19/h4-7,14H,8-12H2,1-3H3/t14-/m1/s1. The average Bonchev–Trinajstić information content (AvgIpc) is 3.03. The Morgan fingerprint density at radius 2 is 2.00 bits per heavy atom. The number of hydrogen-bond donors (Lipinski definition) is 0. The van der Waals surface area contributed by atoms with Gasteiger partial charge < -0.3 is 14.5 Å². The molecule has 2 heterocycles. The molecule has 0 saturated carbocycles. The molecule has 0 radical (unpaired) electrons. The van der Waals surface area contributed by atoms with Crippen molar-refractivity contribution in [3.63, 3.8) is 0 Å². The van der Waals surface area contributed by atoms with Crippen LogP contribution in [0, 0.1) is 0 Å². The Kier molecular flexibility index (Phi) is 3.56. The number of nitrogens with zero attached hydrogens (tertiary/aromatic N) is 2. The molecule has 0 aromatic heterocycles. The normalized spacial score (nSPS) is 21.6. The fourth-order valence-electron chi connectivity index (χ4n) is 3.23. The Labute approximate surface area is 126 Å². The Morgan fingerprint density at radius 1 is 1.24 bits per heavy atom. The highest BCUT2D eigenvalue weighted by Gasteiger charge is 2.35. The predicted molar refractivity (Wildman–Crippen MR) is 83.7 cm³/mol. The van der Waals surface area contributed by atoms with Crippen LogP contribution in [0.25, 0.3) is 0 Å². The Balaban J connectivity index is 1.65. The van der Waals surface area contributed by atoms with E-state index >= 15 is 0 Å². The van der Waals surface area contributed by atoms with Crippen molar-refractivity contribution in [3.05, 3.63) is 29.8 Å². The van der Waals surface area contributed by atoms with Crippen molar-refractivity contribution in [2.24, 2.45) is 0 Å². The molecule has 3 rings (SSSR count). The molecular formula is C17H24N2O2. The smallest absolute Gasteiger partial charge is 0.410 e. The summed E-state index contributed by atoms with van der Waals surface area (Å²) in [6, 6.07) is 9.01. The maximum absolute atomic E-state index is 12.2. The summed E-state index contributed by atoms with van der Waals surface area (Å²) in [5, 5.41) is 0. The monoisotopic (exact) mass is 288 g/mol. The van der Waals surface area contributed by atoms with E-state index < -0.39 is 5.60 Å². The lowest BCUT2D eigenvalue weighted by Crippen LogP contribution is -2.40. The molecule has 2 aliphatic rings. The summed E-state index contributed by atoms with van der Waals surface area (Å²) >= 11 is 0. The van der Waals surface area contributed by atoms with Gasteiger partial charge in [-0.05, 0) is 45.2 Å². The fourth-order valence-corrected chi connectivity index (χ4v) is 3.23. The molecule has 2 aliphatic heterocycles. The number of ether oxygens (including phenoxy) is 1. The van der Waals surface area contributed by atoms with Gasteiger partial charge in [0.25, 0.3) is 0 Å². The van der Waals surface area contributed by atoms with Gasteiger partial charge in [0, 0.05) is 31.4 Å². The first-order valence-electron chi connectivity index (χ1n) is 7.76. The number of para-hydroxylation sites is 1. The molecule has 0 bridgehead atoms. The SMILES string of the molecule is CC(C)(C)OC(=O)N1CC[C@@H](N2CCc3ccccc32)C1. The second kappa shape index (κ2) is 5.24. The van der Waals surface area contributed by atoms with E-state index in [1.54, 1.807) is 0 Å². The predicted octanol–water partition coefficient (Wildman–Crippen LogP) is 3.06. The van der Waals surface area contributed by atoms with E-state index in [1.807, 2.05) is 25.7 Å². The van der Waals surface area contributed by atoms with Gasteiger partial charge in [-0.3, -0.25) is 0 Å². The van der Waals surface area contributed by atoms with Gasteiger partial charge in [-0.2, -0.15) is 0 Å². The first-order valence-corrected chi connectivity index (χ1v) is 7.76.